The van der Waals surface area contributed by atoms with Crippen molar-refractivity contribution in [2.45, 2.75) is 31.3 Å². The molecule has 0 heterocycles. The molecular formula is C12H18OS. The molecule has 0 saturated heterocycles. The standard InChI is InChI=1S/C12H18OS/c1-9(2)12(3,13)10-7-5-6-8-11(10)14-4/h5-9,13H,1-4H3/t12-/m0/s1. The average molecular weight is 210 g/mol. The molecule has 1 aromatic rings. The highest BCUT2D eigenvalue weighted by Crippen LogP contribution is 2.34. The lowest BCUT2D eigenvalue weighted by molar-refractivity contribution is 0.00656. The molecular weight excluding hydrogens is 192 g/mol. The van der Waals surface area contributed by atoms with Gasteiger partial charge in [0.1, 0.15) is 0 Å². The van der Waals surface area contributed by atoms with Gasteiger partial charge in [0.2, 0.25) is 0 Å². The van der Waals surface area contributed by atoms with Crippen LogP contribution in [-0.2, 0) is 5.60 Å². The topological polar surface area (TPSA) is 20.2 Å². The molecule has 0 amide bonds. The monoisotopic (exact) mass is 210 g/mol. The van der Waals surface area contributed by atoms with Gasteiger partial charge in [-0.3, -0.25) is 0 Å². The van der Waals surface area contributed by atoms with Crippen molar-refractivity contribution in [1.82, 2.24) is 0 Å². The molecule has 78 valence electrons. The summed E-state index contributed by atoms with van der Waals surface area (Å²) < 4.78 is 0. The Hall–Kier alpha value is -0.470. The van der Waals surface area contributed by atoms with Gasteiger partial charge in [-0.2, -0.15) is 0 Å². The molecule has 0 bridgehead atoms. The molecule has 0 radical (unpaired) electrons. The van der Waals surface area contributed by atoms with Crippen molar-refractivity contribution in [3.8, 4) is 0 Å². The molecule has 0 aliphatic rings. The zero-order valence-corrected chi connectivity index (χ0v) is 10.1. The van der Waals surface area contributed by atoms with Crippen LogP contribution in [-0.4, -0.2) is 11.4 Å². The fourth-order valence-electron chi connectivity index (χ4n) is 1.37. The molecule has 1 rings (SSSR count). The molecule has 0 spiro atoms. The van der Waals surface area contributed by atoms with Crippen LogP contribution in [0.25, 0.3) is 0 Å². The predicted molar refractivity (Wildman–Crippen MR) is 62.6 cm³/mol. The first-order valence-corrected chi connectivity index (χ1v) is 6.08. The summed E-state index contributed by atoms with van der Waals surface area (Å²) in [5, 5.41) is 10.4. The Labute approximate surface area is 90.5 Å². The van der Waals surface area contributed by atoms with Crippen LogP contribution in [0.5, 0.6) is 0 Å². The zero-order valence-electron chi connectivity index (χ0n) is 9.24. The first-order valence-electron chi connectivity index (χ1n) is 4.86. The fraction of sp³-hybridized carbons (Fsp3) is 0.500. The molecule has 14 heavy (non-hydrogen) atoms. The number of aliphatic hydroxyl groups is 1. The number of benzene rings is 1. The van der Waals surface area contributed by atoms with E-state index in [2.05, 4.69) is 6.07 Å². The molecule has 1 atom stereocenters. The van der Waals surface area contributed by atoms with Crippen molar-refractivity contribution in [2.24, 2.45) is 5.92 Å². The van der Waals surface area contributed by atoms with Gasteiger partial charge in [0.15, 0.2) is 0 Å². The van der Waals surface area contributed by atoms with Crippen LogP contribution in [0, 0.1) is 5.92 Å². The number of hydrogen-bond acceptors (Lipinski definition) is 2. The summed E-state index contributed by atoms with van der Waals surface area (Å²) in [5.41, 5.74) is 0.294. The summed E-state index contributed by atoms with van der Waals surface area (Å²) in [4.78, 5) is 1.16. The smallest absolute Gasteiger partial charge is 0.0902 e. The minimum Gasteiger partial charge on any atom is -0.385 e. The van der Waals surface area contributed by atoms with Crippen molar-refractivity contribution in [1.29, 1.82) is 0 Å². The largest absolute Gasteiger partial charge is 0.385 e. The summed E-state index contributed by atoms with van der Waals surface area (Å²) in [6.45, 7) is 5.96. The highest BCUT2D eigenvalue weighted by Gasteiger charge is 2.29. The van der Waals surface area contributed by atoms with E-state index in [-0.39, 0.29) is 5.92 Å². The van der Waals surface area contributed by atoms with E-state index in [4.69, 9.17) is 0 Å². The molecule has 0 aliphatic carbocycles. The van der Waals surface area contributed by atoms with Crippen LogP contribution < -0.4 is 0 Å². The summed E-state index contributed by atoms with van der Waals surface area (Å²) >= 11 is 1.68. The lowest BCUT2D eigenvalue weighted by Gasteiger charge is -2.29. The molecule has 0 aliphatic heterocycles. The van der Waals surface area contributed by atoms with Gasteiger partial charge in [-0.15, -0.1) is 11.8 Å². The molecule has 0 aromatic heterocycles. The zero-order chi connectivity index (χ0) is 10.8. The van der Waals surface area contributed by atoms with Gasteiger partial charge in [0, 0.05) is 4.90 Å². The van der Waals surface area contributed by atoms with E-state index < -0.39 is 5.60 Å². The Kier molecular flexibility index (Phi) is 3.62. The quantitative estimate of drug-likeness (QED) is 0.773. The molecule has 1 nitrogen and oxygen atoms in total. The van der Waals surface area contributed by atoms with E-state index in [9.17, 15) is 5.11 Å². The highest BCUT2D eigenvalue weighted by molar-refractivity contribution is 7.98. The lowest BCUT2D eigenvalue weighted by atomic mass is 9.85. The normalized spacial score (nSPS) is 15.6. The van der Waals surface area contributed by atoms with E-state index in [1.807, 2.05) is 45.2 Å². The van der Waals surface area contributed by atoms with Gasteiger partial charge < -0.3 is 5.11 Å². The summed E-state index contributed by atoms with van der Waals surface area (Å²) in [6.07, 6.45) is 2.04. The van der Waals surface area contributed by atoms with Crippen LogP contribution in [0.2, 0.25) is 0 Å². The van der Waals surface area contributed by atoms with Gasteiger partial charge in [-0.1, -0.05) is 32.0 Å². The molecule has 0 unspecified atom stereocenters. The molecule has 1 N–H and O–H groups in total. The molecule has 0 fully saturated rings. The third-order valence-corrected chi connectivity index (χ3v) is 3.57. The van der Waals surface area contributed by atoms with Crippen LogP contribution in [0.4, 0.5) is 0 Å². The van der Waals surface area contributed by atoms with Crippen LogP contribution >= 0.6 is 11.8 Å². The van der Waals surface area contributed by atoms with Crippen LogP contribution in [0.3, 0.4) is 0 Å². The maximum absolute atomic E-state index is 10.4. The fourth-order valence-corrected chi connectivity index (χ4v) is 2.08. The Balaban J connectivity index is 3.17. The molecule has 0 saturated carbocycles. The maximum atomic E-state index is 10.4. The van der Waals surface area contributed by atoms with Gasteiger partial charge in [-0.05, 0) is 30.7 Å². The second-order valence-electron chi connectivity index (χ2n) is 4.00. The van der Waals surface area contributed by atoms with E-state index in [0.29, 0.717) is 0 Å². The summed E-state index contributed by atoms with van der Waals surface area (Å²) in [6, 6.07) is 8.04. The second kappa shape index (κ2) is 4.37. The lowest BCUT2D eigenvalue weighted by Crippen LogP contribution is -2.28. The van der Waals surface area contributed by atoms with Crippen molar-refractivity contribution in [3.63, 3.8) is 0 Å². The van der Waals surface area contributed by atoms with E-state index in [1.165, 1.54) is 0 Å². The predicted octanol–water partition coefficient (Wildman–Crippen LogP) is 3.27. The van der Waals surface area contributed by atoms with E-state index in [1.54, 1.807) is 11.8 Å². The summed E-state index contributed by atoms with van der Waals surface area (Å²) in [7, 11) is 0. The highest BCUT2D eigenvalue weighted by atomic mass is 32.2. The van der Waals surface area contributed by atoms with Crippen molar-refractivity contribution in [3.05, 3.63) is 29.8 Å². The van der Waals surface area contributed by atoms with Crippen molar-refractivity contribution >= 4 is 11.8 Å². The minimum atomic E-state index is -0.737. The Morgan fingerprint density at radius 1 is 1.29 bits per heavy atom. The van der Waals surface area contributed by atoms with Crippen LogP contribution in [0.15, 0.2) is 29.2 Å². The van der Waals surface area contributed by atoms with E-state index >= 15 is 0 Å². The number of hydrogen-bond donors (Lipinski definition) is 1. The van der Waals surface area contributed by atoms with Crippen LogP contribution in [0.1, 0.15) is 26.3 Å². The van der Waals surface area contributed by atoms with Gasteiger partial charge in [-0.25, -0.2) is 0 Å². The maximum Gasteiger partial charge on any atom is 0.0902 e. The Morgan fingerprint density at radius 2 is 1.86 bits per heavy atom. The van der Waals surface area contributed by atoms with Crippen molar-refractivity contribution in [2.75, 3.05) is 6.26 Å². The average Bonchev–Trinajstić information content (AvgIpc) is 2.17. The Bertz CT molecular complexity index is 305. The molecule has 1 aromatic carbocycles. The number of thioether (sulfide) groups is 1. The Morgan fingerprint density at radius 3 is 2.36 bits per heavy atom. The first-order chi connectivity index (χ1) is 6.50. The van der Waals surface area contributed by atoms with E-state index in [0.717, 1.165) is 10.5 Å². The summed E-state index contributed by atoms with van der Waals surface area (Å²) in [5.74, 6) is 0.218. The minimum absolute atomic E-state index is 0.218. The van der Waals surface area contributed by atoms with Gasteiger partial charge in [0.25, 0.3) is 0 Å². The van der Waals surface area contributed by atoms with Gasteiger partial charge in [0.05, 0.1) is 5.60 Å². The second-order valence-corrected chi connectivity index (χ2v) is 4.85. The first kappa shape index (κ1) is 11.6. The number of rotatable bonds is 3. The SMILES string of the molecule is CSc1ccccc1[C@@](C)(O)C(C)C. The third-order valence-electron chi connectivity index (χ3n) is 2.78. The van der Waals surface area contributed by atoms with Gasteiger partial charge >= 0.3 is 0 Å². The molecule has 2 heteroatoms. The third kappa shape index (κ3) is 2.12. The van der Waals surface area contributed by atoms with Crippen molar-refractivity contribution < 1.29 is 5.11 Å².